The molecule has 0 spiro atoms. The van der Waals surface area contributed by atoms with Crippen LogP contribution in [0, 0.1) is 0 Å². The molecule has 3 rings (SSSR count). The predicted octanol–water partition coefficient (Wildman–Crippen LogP) is 4.05. The predicted molar refractivity (Wildman–Crippen MR) is 94.9 cm³/mol. The maximum absolute atomic E-state index is 9.65. The summed E-state index contributed by atoms with van der Waals surface area (Å²) in [5.41, 5.74) is 4.61. The molecule has 0 saturated carbocycles. The second-order valence-corrected chi connectivity index (χ2v) is 5.84. The molecular weight excluding hydrogens is 324 g/mol. The fourth-order valence-corrected chi connectivity index (χ4v) is 2.77. The Balaban J connectivity index is 1.66. The first-order valence-corrected chi connectivity index (χ1v) is 8.39. The molecule has 0 radical (unpaired) electrons. The highest BCUT2D eigenvalue weighted by Gasteiger charge is 2.06. The van der Waals surface area contributed by atoms with Gasteiger partial charge in [-0.3, -0.25) is 0 Å². The van der Waals surface area contributed by atoms with Gasteiger partial charge in [-0.2, -0.15) is 0 Å². The van der Waals surface area contributed by atoms with Crippen molar-refractivity contribution in [1.82, 2.24) is 4.98 Å². The summed E-state index contributed by atoms with van der Waals surface area (Å²) in [6, 6.07) is 13.1. The van der Waals surface area contributed by atoms with E-state index in [1.165, 1.54) is 7.11 Å². The van der Waals surface area contributed by atoms with Crippen molar-refractivity contribution in [3.8, 4) is 17.2 Å². The lowest BCUT2D eigenvalue weighted by Crippen LogP contribution is -2.03. The minimum Gasteiger partial charge on any atom is -0.504 e. The summed E-state index contributed by atoms with van der Waals surface area (Å²) >= 11 is 1.55. The van der Waals surface area contributed by atoms with Gasteiger partial charge in [-0.25, -0.2) is 4.98 Å². The van der Waals surface area contributed by atoms with Crippen LogP contribution in [0.1, 0.15) is 11.3 Å². The van der Waals surface area contributed by atoms with Gasteiger partial charge in [0.25, 0.3) is 0 Å². The van der Waals surface area contributed by atoms with Gasteiger partial charge in [0.15, 0.2) is 11.5 Å². The quantitative estimate of drug-likeness (QED) is 0.678. The zero-order valence-electron chi connectivity index (χ0n) is 13.2. The second-order valence-electron chi connectivity index (χ2n) is 5.12. The molecule has 0 fully saturated rings. The Hall–Kier alpha value is -2.73. The topological polar surface area (TPSA) is 63.6 Å². The van der Waals surface area contributed by atoms with Crippen LogP contribution in [0.3, 0.4) is 0 Å². The molecule has 6 heteroatoms. The number of phenolic OH excluding ortho intramolecular Hbond substituents is 1. The van der Waals surface area contributed by atoms with Crippen molar-refractivity contribution in [3.63, 3.8) is 0 Å². The number of para-hydroxylation sites is 2. The number of methoxy groups -OCH3 is 1. The number of phenols is 1. The summed E-state index contributed by atoms with van der Waals surface area (Å²) in [6.45, 7) is 1.03. The minimum absolute atomic E-state index is 0.133. The van der Waals surface area contributed by atoms with Crippen molar-refractivity contribution in [2.45, 2.75) is 13.2 Å². The summed E-state index contributed by atoms with van der Waals surface area (Å²) in [7, 11) is 1.54. The highest BCUT2D eigenvalue weighted by atomic mass is 32.1. The Morgan fingerprint density at radius 1 is 1.17 bits per heavy atom. The summed E-state index contributed by atoms with van der Waals surface area (Å²) in [4.78, 5) is 4.22. The van der Waals surface area contributed by atoms with Crippen LogP contribution >= 0.6 is 11.3 Å². The van der Waals surface area contributed by atoms with Crippen LogP contribution in [0.4, 0.5) is 5.69 Å². The molecule has 0 atom stereocenters. The standard InChI is InChI=1S/C18H18N2O3S/c1-22-18-8-13(6-7-16(18)21)9-19-15-4-2-3-5-17(15)23-10-14-11-24-12-20-14/h2-8,11-12,19,21H,9-10H2,1H3. The van der Waals surface area contributed by atoms with Crippen LogP contribution in [-0.2, 0) is 13.2 Å². The Kier molecular flexibility index (Phi) is 5.18. The van der Waals surface area contributed by atoms with E-state index < -0.39 is 0 Å². The molecule has 0 aliphatic heterocycles. The molecule has 2 aromatic carbocycles. The molecule has 0 saturated heterocycles. The lowest BCUT2D eigenvalue weighted by Gasteiger charge is -2.13. The van der Waals surface area contributed by atoms with Crippen LogP contribution < -0.4 is 14.8 Å². The molecule has 124 valence electrons. The average Bonchev–Trinajstić information content (AvgIpc) is 3.13. The van der Waals surface area contributed by atoms with Crippen molar-refractivity contribution in [2.75, 3.05) is 12.4 Å². The maximum atomic E-state index is 9.65. The van der Waals surface area contributed by atoms with Crippen LogP contribution in [0.2, 0.25) is 0 Å². The molecule has 2 N–H and O–H groups in total. The zero-order chi connectivity index (χ0) is 16.8. The highest BCUT2D eigenvalue weighted by Crippen LogP contribution is 2.28. The van der Waals surface area contributed by atoms with E-state index in [0.29, 0.717) is 18.9 Å². The number of nitrogens with zero attached hydrogens (tertiary/aromatic N) is 1. The molecular formula is C18H18N2O3S. The largest absolute Gasteiger partial charge is 0.504 e. The Morgan fingerprint density at radius 2 is 2.04 bits per heavy atom. The van der Waals surface area contributed by atoms with Gasteiger partial charge in [-0.15, -0.1) is 11.3 Å². The Morgan fingerprint density at radius 3 is 2.83 bits per heavy atom. The first-order chi connectivity index (χ1) is 11.8. The molecule has 0 aliphatic rings. The number of thiazole rings is 1. The van der Waals surface area contributed by atoms with E-state index >= 15 is 0 Å². The lowest BCUT2D eigenvalue weighted by molar-refractivity contribution is 0.303. The van der Waals surface area contributed by atoms with E-state index in [9.17, 15) is 5.11 Å². The number of rotatable bonds is 7. The van der Waals surface area contributed by atoms with E-state index in [1.54, 1.807) is 29.0 Å². The second kappa shape index (κ2) is 7.70. The van der Waals surface area contributed by atoms with E-state index in [2.05, 4.69) is 10.3 Å². The molecule has 0 aliphatic carbocycles. The monoisotopic (exact) mass is 342 g/mol. The van der Waals surface area contributed by atoms with Gasteiger partial charge in [0, 0.05) is 11.9 Å². The number of aromatic nitrogens is 1. The summed E-state index contributed by atoms with van der Waals surface area (Å²) in [5.74, 6) is 1.37. The van der Waals surface area contributed by atoms with Gasteiger partial charge in [0.1, 0.15) is 12.4 Å². The summed E-state index contributed by atoms with van der Waals surface area (Å²) in [5, 5.41) is 15.0. The van der Waals surface area contributed by atoms with Crippen LogP contribution in [0.25, 0.3) is 0 Å². The maximum Gasteiger partial charge on any atom is 0.160 e. The van der Waals surface area contributed by atoms with Crippen molar-refractivity contribution >= 4 is 17.0 Å². The highest BCUT2D eigenvalue weighted by molar-refractivity contribution is 7.07. The number of ether oxygens (including phenoxy) is 2. The van der Waals surface area contributed by atoms with Crippen molar-refractivity contribution < 1.29 is 14.6 Å². The van der Waals surface area contributed by atoms with Gasteiger partial charge >= 0.3 is 0 Å². The summed E-state index contributed by atoms with van der Waals surface area (Å²) < 4.78 is 11.0. The first kappa shape index (κ1) is 16.1. The Labute approximate surface area is 144 Å². The normalized spacial score (nSPS) is 10.4. The number of hydrogen-bond acceptors (Lipinski definition) is 6. The molecule has 0 bridgehead atoms. The van der Waals surface area contributed by atoms with E-state index in [-0.39, 0.29) is 5.75 Å². The smallest absolute Gasteiger partial charge is 0.160 e. The van der Waals surface area contributed by atoms with E-state index in [4.69, 9.17) is 9.47 Å². The van der Waals surface area contributed by atoms with Crippen molar-refractivity contribution in [1.29, 1.82) is 0 Å². The third kappa shape index (κ3) is 3.97. The molecule has 5 nitrogen and oxygen atoms in total. The first-order valence-electron chi connectivity index (χ1n) is 7.45. The van der Waals surface area contributed by atoms with Crippen LogP contribution in [0.5, 0.6) is 17.2 Å². The lowest BCUT2D eigenvalue weighted by atomic mass is 10.2. The molecule has 0 amide bonds. The van der Waals surface area contributed by atoms with Gasteiger partial charge in [0.05, 0.1) is 24.0 Å². The van der Waals surface area contributed by atoms with Crippen molar-refractivity contribution in [3.05, 3.63) is 64.6 Å². The number of hydrogen-bond donors (Lipinski definition) is 2. The Bertz CT molecular complexity index is 791. The SMILES string of the molecule is COc1cc(CNc2ccccc2OCc2cscn2)ccc1O. The molecule has 24 heavy (non-hydrogen) atoms. The fourth-order valence-electron chi connectivity index (χ4n) is 2.23. The fraction of sp³-hybridized carbons (Fsp3) is 0.167. The van der Waals surface area contributed by atoms with E-state index in [0.717, 1.165) is 22.7 Å². The van der Waals surface area contributed by atoms with E-state index in [1.807, 2.05) is 35.7 Å². The molecule has 1 aromatic heterocycles. The zero-order valence-corrected chi connectivity index (χ0v) is 14.0. The number of aromatic hydroxyl groups is 1. The van der Waals surface area contributed by atoms with Crippen LogP contribution in [0.15, 0.2) is 53.4 Å². The third-order valence-electron chi connectivity index (χ3n) is 3.47. The van der Waals surface area contributed by atoms with Gasteiger partial charge in [-0.1, -0.05) is 18.2 Å². The number of anilines is 1. The molecule has 0 unspecified atom stereocenters. The molecule has 3 aromatic rings. The number of nitrogens with one attached hydrogen (secondary N) is 1. The van der Waals surface area contributed by atoms with Gasteiger partial charge < -0.3 is 19.9 Å². The minimum atomic E-state index is 0.133. The summed E-state index contributed by atoms with van der Waals surface area (Å²) in [6.07, 6.45) is 0. The third-order valence-corrected chi connectivity index (χ3v) is 4.11. The average molecular weight is 342 g/mol. The van der Waals surface area contributed by atoms with Gasteiger partial charge in [0.2, 0.25) is 0 Å². The molecule has 1 heterocycles. The van der Waals surface area contributed by atoms with Gasteiger partial charge in [-0.05, 0) is 29.8 Å². The van der Waals surface area contributed by atoms with Crippen molar-refractivity contribution in [2.24, 2.45) is 0 Å². The van der Waals surface area contributed by atoms with Crippen LogP contribution in [-0.4, -0.2) is 17.2 Å². The number of benzene rings is 2.